The SMILES string of the molecule is CO.COC(=O)c1ccc2c(c1F)OCOC2.O=C(O)c1ccc2c(c1F)OCOC2.[Na+].[OH-]. The molecule has 0 aromatic heterocycles. The van der Waals surface area contributed by atoms with E-state index in [-0.39, 0.29) is 84.5 Å². The van der Waals surface area contributed by atoms with Gasteiger partial charge in [0, 0.05) is 18.2 Å². The monoisotopic (exact) mass is 482 g/mol. The number of aliphatic hydroxyl groups is 1. The molecule has 2 aliphatic rings. The molecule has 2 aromatic carbocycles. The van der Waals surface area contributed by atoms with Crippen molar-refractivity contribution in [3.8, 4) is 11.5 Å². The molecule has 176 valence electrons. The van der Waals surface area contributed by atoms with E-state index in [0.29, 0.717) is 11.1 Å². The van der Waals surface area contributed by atoms with Gasteiger partial charge in [0.2, 0.25) is 0 Å². The molecule has 33 heavy (non-hydrogen) atoms. The summed E-state index contributed by atoms with van der Waals surface area (Å²) in [6.07, 6.45) is 0. The van der Waals surface area contributed by atoms with Crippen molar-refractivity contribution in [2.45, 2.75) is 13.2 Å². The summed E-state index contributed by atoms with van der Waals surface area (Å²) in [6.45, 7) is 0.474. The number of aliphatic hydroxyl groups excluding tert-OH is 1. The van der Waals surface area contributed by atoms with Gasteiger partial charge in [-0.1, -0.05) is 12.1 Å². The first-order valence-electron chi connectivity index (χ1n) is 8.74. The van der Waals surface area contributed by atoms with Gasteiger partial charge in [-0.05, 0) is 12.1 Å². The third-order valence-corrected chi connectivity index (χ3v) is 4.08. The quantitative estimate of drug-likeness (QED) is 0.416. The third-order valence-electron chi connectivity index (χ3n) is 4.08. The first kappa shape index (κ1) is 30.7. The molecule has 2 aliphatic heterocycles. The smallest absolute Gasteiger partial charge is 0.870 e. The summed E-state index contributed by atoms with van der Waals surface area (Å²) < 4.78 is 51.4. The average molecular weight is 482 g/mol. The van der Waals surface area contributed by atoms with Crippen molar-refractivity contribution in [1.29, 1.82) is 0 Å². The standard InChI is InChI=1S/C10H9FO4.C9H7FO4.CH4O.Na.H2O/c1-13-10(12)7-3-2-6-4-14-5-15-9(6)8(7)11;10-7-6(9(11)12)2-1-5-3-13-4-14-8(5)7;1-2;;/h2-3H,4-5H2,1H3;1-2H,3-4H2,(H,11,12);2H,1H3;;1H2/q;;;+1;/p-1. The normalized spacial score (nSPS) is 12.6. The van der Waals surface area contributed by atoms with Gasteiger partial charge in [-0.25, -0.2) is 18.4 Å². The number of halogens is 2. The molecule has 0 unspecified atom stereocenters. The summed E-state index contributed by atoms with van der Waals surface area (Å²) >= 11 is 0. The van der Waals surface area contributed by atoms with Crippen LogP contribution in [0, 0.1) is 11.6 Å². The molecular weight excluding hydrogens is 461 g/mol. The number of carbonyl (C=O) groups excluding carboxylic acids is 1. The number of benzene rings is 2. The molecule has 10 nitrogen and oxygen atoms in total. The van der Waals surface area contributed by atoms with Crippen molar-refractivity contribution >= 4 is 11.9 Å². The van der Waals surface area contributed by atoms with Gasteiger partial charge >= 0.3 is 41.5 Å². The maximum atomic E-state index is 13.7. The Morgan fingerprint density at radius 1 is 0.879 bits per heavy atom. The number of hydrogen-bond donors (Lipinski definition) is 2. The van der Waals surface area contributed by atoms with Crippen LogP contribution in [0.2, 0.25) is 0 Å². The van der Waals surface area contributed by atoms with Crippen LogP contribution in [-0.4, -0.2) is 55.4 Å². The zero-order valence-electron chi connectivity index (χ0n) is 18.1. The van der Waals surface area contributed by atoms with Gasteiger partial charge in [-0.15, -0.1) is 0 Å². The molecule has 0 amide bonds. The van der Waals surface area contributed by atoms with Crippen LogP contribution in [0.15, 0.2) is 24.3 Å². The van der Waals surface area contributed by atoms with E-state index in [1.54, 1.807) is 6.07 Å². The fourth-order valence-electron chi connectivity index (χ4n) is 2.67. The molecule has 0 aliphatic carbocycles. The predicted octanol–water partition coefficient (Wildman–Crippen LogP) is -0.695. The maximum Gasteiger partial charge on any atom is 1.00 e. The molecule has 4 rings (SSSR count). The Labute approximate surface area is 209 Å². The fraction of sp³-hybridized carbons (Fsp3) is 0.300. The molecule has 0 radical (unpaired) electrons. The maximum absolute atomic E-state index is 13.7. The number of fused-ring (bicyclic) bond motifs is 2. The minimum absolute atomic E-state index is 0. The van der Waals surface area contributed by atoms with Gasteiger partial charge in [-0.2, -0.15) is 0 Å². The Balaban J connectivity index is 0.000000547. The minimum atomic E-state index is -1.31. The molecule has 0 bridgehead atoms. The van der Waals surface area contributed by atoms with Crippen molar-refractivity contribution in [2.24, 2.45) is 0 Å². The molecule has 3 N–H and O–H groups in total. The number of carboxylic acid groups (broad SMARTS) is 1. The van der Waals surface area contributed by atoms with Gasteiger partial charge in [0.05, 0.1) is 31.5 Å². The van der Waals surface area contributed by atoms with E-state index in [1.165, 1.54) is 25.3 Å². The number of ether oxygens (including phenoxy) is 5. The molecule has 0 fully saturated rings. The van der Waals surface area contributed by atoms with Gasteiger partial charge in [-0.3, -0.25) is 0 Å². The summed E-state index contributed by atoms with van der Waals surface area (Å²) in [4.78, 5) is 21.8. The van der Waals surface area contributed by atoms with Gasteiger partial charge in [0.1, 0.15) is 0 Å². The molecular formula is C20H21F2NaO10. The van der Waals surface area contributed by atoms with E-state index in [2.05, 4.69) is 4.74 Å². The Bertz CT molecular complexity index is 955. The van der Waals surface area contributed by atoms with Gasteiger partial charge in [0.15, 0.2) is 36.7 Å². The van der Waals surface area contributed by atoms with E-state index in [0.717, 1.165) is 7.11 Å². The average Bonchev–Trinajstić information content (AvgIpc) is 2.81. The molecule has 13 heteroatoms. The van der Waals surface area contributed by atoms with Crippen LogP contribution in [-0.2, 0) is 27.4 Å². The van der Waals surface area contributed by atoms with E-state index in [9.17, 15) is 18.4 Å². The molecule has 0 spiro atoms. The topological polar surface area (TPSA) is 151 Å². The summed E-state index contributed by atoms with van der Waals surface area (Å²) in [5.74, 6) is -3.49. The first-order chi connectivity index (χ1) is 14.9. The van der Waals surface area contributed by atoms with Crippen LogP contribution in [0.1, 0.15) is 31.8 Å². The first-order valence-corrected chi connectivity index (χ1v) is 8.74. The second-order valence-electron chi connectivity index (χ2n) is 5.85. The predicted molar refractivity (Wildman–Crippen MR) is 102 cm³/mol. The number of hydrogen-bond acceptors (Lipinski definition) is 9. The number of rotatable bonds is 2. The second kappa shape index (κ2) is 14.8. The Kier molecular flexibility index (Phi) is 13.7. The van der Waals surface area contributed by atoms with Crippen LogP contribution >= 0.6 is 0 Å². The number of methoxy groups -OCH3 is 1. The number of carbonyl (C=O) groups is 2. The van der Waals surface area contributed by atoms with E-state index in [1.807, 2.05) is 0 Å². The van der Waals surface area contributed by atoms with Crippen molar-refractivity contribution in [1.82, 2.24) is 0 Å². The number of aromatic carboxylic acids is 1. The van der Waals surface area contributed by atoms with Gasteiger partial charge in [0.25, 0.3) is 0 Å². The Morgan fingerprint density at radius 2 is 1.30 bits per heavy atom. The zero-order chi connectivity index (χ0) is 23.0. The fourth-order valence-corrected chi connectivity index (χ4v) is 2.67. The molecule has 2 aromatic rings. The van der Waals surface area contributed by atoms with Crippen LogP contribution in [0.4, 0.5) is 8.78 Å². The second-order valence-corrected chi connectivity index (χ2v) is 5.85. The van der Waals surface area contributed by atoms with Crippen LogP contribution in [0.5, 0.6) is 11.5 Å². The Morgan fingerprint density at radius 3 is 1.73 bits per heavy atom. The number of esters is 1. The molecule has 0 atom stereocenters. The molecule has 0 saturated carbocycles. The van der Waals surface area contributed by atoms with Crippen molar-refractivity contribution in [2.75, 3.05) is 27.8 Å². The summed E-state index contributed by atoms with van der Waals surface area (Å²) in [6, 6.07) is 5.64. The molecule has 0 saturated heterocycles. The van der Waals surface area contributed by atoms with E-state index < -0.39 is 23.6 Å². The third kappa shape index (κ3) is 7.33. The van der Waals surface area contributed by atoms with Gasteiger partial charge < -0.3 is 39.4 Å². The zero-order valence-corrected chi connectivity index (χ0v) is 20.1. The van der Waals surface area contributed by atoms with E-state index in [4.69, 9.17) is 29.2 Å². The summed E-state index contributed by atoms with van der Waals surface area (Å²) in [7, 11) is 2.20. The van der Waals surface area contributed by atoms with Crippen LogP contribution in [0.25, 0.3) is 0 Å². The van der Waals surface area contributed by atoms with Crippen LogP contribution < -0.4 is 39.0 Å². The van der Waals surface area contributed by atoms with E-state index >= 15 is 0 Å². The van der Waals surface area contributed by atoms with Crippen molar-refractivity contribution in [3.63, 3.8) is 0 Å². The van der Waals surface area contributed by atoms with Crippen LogP contribution in [0.3, 0.4) is 0 Å². The van der Waals surface area contributed by atoms with Crippen molar-refractivity contribution in [3.05, 3.63) is 58.2 Å². The summed E-state index contributed by atoms with van der Waals surface area (Å²) in [5.41, 5.74) is 0.606. The molecule has 2 heterocycles. The summed E-state index contributed by atoms with van der Waals surface area (Å²) in [5, 5.41) is 15.6. The largest absolute Gasteiger partial charge is 1.00 e. The number of carboxylic acids is 1. The van der Waals surface area contributed by atoms with Crippen molar-refractivity contribution < 1.29 is 87.3 Å². The minimum Gasteiger partial charge on any atom is -0.870 e. The Hall–Kier alpha value is -2.32.